The maximum Gasteiger partial charge on any atom is 0.137 e. The van der Waals surface area contributed by atoms with E-state index in [1.807, 2.05) is 24.3 Å². The molecule has 0 spiro atoms. The van der Waals surface area contributed by atoms with Crippen molar-refractivity contribution >= 4 is 17.7 Å². The number of rotatable bonds is 4. The van der Waals surface area contributed by atoms with Gasteiger partial charge in [-0.3, -0.25) is 0 Å². The molecule has 0 radical (unpaired) electrons. The Morgan fingerprint density at radius 1 is 1.32 bits per heavy atom. The molecule has 1 aromatic heterocycles. The van der Waals surface area contributed by atoms with Crippen molar-refractivity contribution < 1.29 is 5.11 Å². The van der Waals surface area contributed by atoms with Crippen molar-refractivity contribution in [2.24, 2.45) is 11.3 Å². The number of nitrogens with zero attached hydrogens (tertiary/aromatic N) is 3. The number of aliphatic hydroxyl groups is 1. The average molecular weight is 360 g/mol. The third-order valence-electron chi connectivity index (χ3n) is 5.96. The van der Waals surface area contributed by atoms with Crippen molar-refractivity contribution in [3.63, 3.8) is 0 Å². The van der Waals surface area contributed by atoms with Crippen LogP contribution in [0.15, 0.2) is 42.5 Å². The van der Waals surface area contributed by atoms with Crippen LogP contribution in [0.5, 0.6) is 0 Å². The molecule has 2 aromatic rings. The van der Waals surface area contributed by atoms with Crippen LogP contribution in [0.3, 0.4) is 0 Å². The van der Waals surface area contributed by atoms with Gasteiger partial charge in [0.05, 0.1) is 6.54 Å². The Labute approximate surface area is 154 Å². The summed E-state index contributed by atoms with van der Waals surface area (Å²) in [5, 5.41) is 16.9. The lowest BCUT2D eigenvalue weighted by Gasteiger charge is -2.52. The Balaban J connectivity index is 2.06. The standard InChI is InChI=1S/C20H26ClN3O/c1-15(2)19(3)10-4-5-17(11-16-6-8-18(21)9-7-16)20(19,25)12-24-14-22-13-23-24/h6-9,11,13-15,25H,4-5,10,12H2,1-3H3/b17-11-. The molecule has 1 fully saturated rings. The minimum absolute atomic E-state index is 0.227. The zero-order valence-corrected chi connectivity index (χ0v) is 15.9. The predicted octanol–water partition coefficient (Wildman–Crippen LogP) is 4.59. The van der Waals surface area contributed by atoms with E-state index in [0.29, 0.717) is 12.5 Å². The molecule has 134 valence electrons. The van der Waals surface area contributed by atoms with Gasteiger partial charge in [-0.15, -0.1) is 0 Å². The van der Waals surface area contributed by atoms with Gasteiger partial charge in [-0.1, -0.05) is 50.6 Å². The molecule has 1 aromatic carbocycles. The zero-order chi connectivity index (χ0) is 18.1. The lowest BCUT2D eigenvalue weighted by Crippen LogP contribution is -2.55. The Kier molecular flexibility index (Phi) is 5.03. The second kappa shape index (κ2) is 6.93. The van der Waals surface area contributed by atoms with Gasteiger partial charge in [0, 0.05) is 10.4 Å². The van der Waals surface area contributed by atoms with Crippen LogP contribution >= 0.6 is 11.6 Å². The van der Waals surface area contributed by atoms with E-state index in [0.717, 1.165) is 35.4 Å². The molecule has 1 heterocycles. The first-order valence-corrected chi connectivity index (χ1v) is 9.24. The molecule has 1 N–H and O–H groups in total. The number of aromatic nitrogens is 3. The molecule has 3 rings (SSSR count). The SMILES string of the molecule is CC(C)C1(C)CCC/C(=C/c2ccc(Cl)cc2)C1(O)Cn1cncn1. The van der Waals surface area contributed by atoms with Crippen molar-refractivity contribution in [3.8, 4) is 0 Å². The molecule has 2 atom stereocenters. The second-order valence-corrected chi connectivity index (χ2v) is 8.04. The highest BCUT2D eigenvalue weighted by Gasteiger charge is 2.53. The van der Waals surface area contributed by atoms with Crippen molar-refractivity contribution in [1.29, 1.82) is 0 Å². The smallest absolute Gasteiger partial charge is 0.137 e. The third kappa shape index (κ3) is 3.38. The lowest BCUT2D eigenvalue weighted by molar-refractivity contribution is -0.103. The quantitative estimate of drug-likeness (QED) is 0.868. The molecule has 1 aliphatic carbocycles. The van der Waals surface area contributed by atoms with Crippen LogP contribution in [0.2, 0.25) is 5.02 Å². The van der Waals surface area contributed by atoms with Gasteiger partial charge in [-0.05, 0) is 48.4 Å². The molecule has 1 aliphatic rings. The van der Waals surface area contributed by atoms with Gasteiger partial charge < -0.3 is 5.11 Å². The highest BCUT2D eigenvalue weighted by molar-refractivity contribution is 6.30. The summed E-state index contributed by atoms with van der Waals surface area (Å²) in [4.78, 5) is 4.04. The van der Waals surface area contributed by atoms with E-state index in [2.05, 4.69) is 36.9 Å². The van der Waals surface area contributed by atoms with E-state index in [-0.39, 0.29) is 5.41 Å². The molecular weight excluding hydrogens is 334 g/mol. The molecule has 1 saturated carbocycles. The van der Waals surface area contributed by atoms with Crippen molar-refractivity contribution in [1.82, 2.24) is 14.8 Å². The van der Waals surface area contributed by atoms with Crippen LogP contribution in [-0.4, -0.2) is 25.5 Å². The van der Waals surface area contributed by atoms with Gasteiger partial charge in [0.15, 0.2) is 0 Å². The van der Waals surface area contributed by atoms with E-state index in [4.69, 9.17) is 11.6 Å². The van der Waals surface area contributed by atoms with Crippen molar-refractivity contribution in [3.05, 3.63) is 53.1 Å². The van der Waals surface area contributed by atoms with Gasteiger partial charge in [0.1, 0.15) is 18.3 Å². The van der Waals surface area contributed by atoms with Crippen LogP contribution in [0.25, 0.3) is 6.08 Å². The maximum atomic E-state index is 11.9. The minimum Gasteiger partial charge on any atom is -0.383 e. The number of hydrogen-bond donors (Lipinski definition) is 1. The average Bonchev–Trinajstić information content (AvgIpc) is 3.07. The number of hydrogen-bond acceptors (Lipinski definition) is 3. The Morgan fingerprint density at radius 3 is 2.64 bits per heavy atom. The van der Waals surface area contributed by atoms with Crippen LogP contribution in [0, 0.1) is 11.3 Å². The van der Waals surface area contributed by atoms with Crippen LogP contribution in [0.1, 0.15) is 45.6 Å². The van der Waals surface area contributed by atoms with Crippen molar-refractivity contribution in [2.75, 3.05) is 0 Å². The molecule has 2 unspecified atom stereocenters. The first kappa shape index (κ1) is 18.2. The molecular formula is C20H26ClN3O. The molecule has 0 aliphatic heterocycles. The highest BCUT2D eigenvalue weighted by Crippen LogP contribution is 2.52. The summed E-state index contributed by atoms with van der Waals surface area (Å²) < 4.78 is 1.74. The zero-order valence-electron chi connectivity index (χ0n) is 15.1. The van der Waals surface area contributed by atoms with Gasteiger partial charge in [0.2, 0.25) is 0 Å². The second-order valence-electron chi connectivity index (χ2n) is 7.60. The van der Waals surface area contributed by atoms with Crippen LogP contribution in [0.4, 0.5) is 0 Å². The summed E-state index contributed by atoms with van der Waals surface area (Å²) in [5.74, 6) is 0.343. The lowest BCUT2D eigenvalue weighted by atomic mass is 9.56. The number of halogens is 1. The third-order valence-corrected chi connectivity index (χ3v) is 6.21. The van der Waals surface area contributed by atoms with Gasteiger partial charge in [-0.25, -0.2) is 9.67 Å². The summed E-state index contributed by atoms with van der Waals surface area (Å²) in [6, 6.07) is 7.75. The van der Waals surface area contributed by atoms with Crippen molar-refractivity contribution in [2.45, 2.75) is 52.2 Å². The fourth-order valence-corrected chi connectivity index (χ4v) is 4.10. The fourth-order valence-electron chi connectivity index (χ4n) is 3.98. The maximum absolute atomic E-state index is 11.9. The Hall–Kier alpha value is -1.65. The first-order chi connectivity index (χ1) is 11.8. The summed E-state index contributed by atoms with van der Waals surface area (Å²) in [5.41, 5.74) is 0.930. The fraction of sp³-hybridized carbons (Fsp3) is 0.500. The van der Waals surface area contributed by atoms with Gasteiger partial charge >= 0.3 is 0 Å². The molecule has 4 nitrogen and oxygen atoms in total. The van der Waals surface area contributed by atoms with Crippen LogP contribution < -0.4 is 0 Å². The molecule has 0 amide bonds. The largest absolute Gasteiger partial charge is 0.383 e. The summed E-state index contributed by atoms with van der Waals surface area (Å²) in [6.07, 6.45) is 8.26. The van der Waals surface area contributed by atoms with Gasteiger partial charge in [0.25, 0.3) is 0 Å². The van der Waals surface area contributed by atoms with E-state index >= 15 is 0 Å². The molecule has 0 saturated heterocycles. The van der Waals surface area contributed by atoms with E-state index in [9.17, 15) is 5.11 Å². The molecule has 5 heteroatoms. The summed E-state index contributed by atoms with van der Waals surface area (Å²) in [6.45, 7) is 7.00. The molecule has 25 heavy (non-hydrogen) atoms. The highest BCUT2D eigenvalue weighted by atomic mass is 35.5. The first-order valence-electron chi connectivity index (χ1n) is 8.86. The predicted molar refractivity (Wildman–Crippen MR) is 101 cm³/mol. The van der Waals surface area contributed by atoms with E-state index in [1.54, 1.807) is 11.0 Å². The van der Waals surface area contributed by atoms with E-state index < -0.39 is 5.60 Å². The van der Waals surface area contributed by atoms with Gasteiger partial charge in [-0.2, -0.15) is 5.10 Å². The Morgan fingerprint density at radius 2 is 2.04 bits per heavy atom. The van der Waals surface area contributed by atoms with Crippen LogP contribution in [-0.2, 0) is 6.54 Å². The summed E-state index contributed by atoms with van der Waals surface area (Å²) >= 11 is 6.00. The number of benzene rings is 1. The Bertz CT molecular complexity index is 739. The minimum atomic E-state index is -0.966. The summed E-state index contributed by atoms with van der Waals surface area (Å²) in [7, 11) is 0. The monoisotopic (exact) mass is 359 g/mol. The normalized spacial score (nSPS) is 28.6. The molecule has 0 bridgehead atoms. The van der Waals surface area contributed by atoms with E-state index in [1.165, 1.54) is 6.33 Å². The topological polar surface area (TPSA) is 50.9 Å².